The minimum absolute atomic E-state index is 0.0507. The summed E-state index contributed by atoms with van der Waals surface area (Å²) in [7, 11) is -4.48. The van der Waals surface area contributed by atoms with Crippen LogP contribution in [0.1, 0.15) is 0 Å². The number of hydrogen-bond donors (Lipinski definition) is 2. The summed E-state index contributed by atoms with van der Waals surface area (Å²) in [6.45, 7) is 0. The highest BCUT2D eigenvalue weighted by molar-refractivity contribution is 9.14. The Kier molecular flexibility index (Phi) is 5.84. The molecule has 0 saturated carbocycles. The van der Waals surface area contributed by atoms with Crippen LogP contribution in [0.3, 0.4) is 0 Å². The maximum atomic E-state index is 11.3. The smallest absolute Gasteiger partial charge is 0.329 e. The van der Waals surface area contributed by atoms with Crippen molar-refractivity contribution in [2.24, 2.45) is 0 Å². The van der Waals surface area contributed by atoms with E-state index in [-0.39, 0.29) is 29.4 Å². The summed E-state index contributed by atoms with van der Waals surface area (Å²) in [5.74, 6) is -2.55. The second-order valence-electron chi connectivity index (χ2n) is 3.13. The lowest BCUT2D eigenvalue weighted by Crippen LogP contribution is -2.20. The van der Waals surface area contributed by atoms with Crippen molar-refractivity contribution in [3.8, 4) is 11.5 Å². The van der Waals surface area contributed by atoms with Gasteiger partial charge in [-0.15, -0.1) is 0 Å². The molecule has 19 heavy (non-hydrogen) atoms. The molecule has 1 rings (SSSR count). The van der Waals surface area contributed by atoms with Gasteiger partial charge in [0.05, 0.1) is 17.9 Å². The molecule has 0 radical (unpaired) electrons. The van der Waals surface area contributed by atoms with Crippen molar-refractivity contribution in [3.63, 3.8) is 0 Å². The second-order valence-corrected chi connectivity index (χ2v) is 7.76. The number of aromatic hydroxyl groups is 1. The predicted octanol–water partition coefficient (Wildman–Crippen LogP) is 3.24. The number of benzene rings is 1. The van der Waals surface area contributed by atoms with Gasteiger partial charge in [-0.1, -0.05) is 0 Å². The molecule has 106 valence electrons. The summed E-state index contributed by atoms with van der Waals surface area (Å²) in [6, 6.07) is 0. The monoisotopic (exact) mass is 544 g/mol. The van der Waals surface area contributed by atoms with Crippen LogP contribution < -0.4 is 4.74 Å². The fraction of sp³-hybridized carbons (Fsp3) is 0.125. The van der Waals surface area contributed by atoms with Gasteiger partial charge in [-0.2, -0.15) is 8.42 Å². The van der Waals surface area contributed by atoms with Crippen LogP contribution in [-0.2, 0) is 14.9 Å². The van der Waals surface area contributed by atoms with Gasteiger partial charge in [-0.05, 0) is 63.7 Å². The third-order valence-corrected chi connectivity index (χ3v) is 6.44. The third kappa shape index (κ3) is 4.39. The first-order valence-electron chi connectivity index (χ1n) is 4.25. The van der Waals surface area contributed by atoms with E-state index in [0.717, 1.165) is 0 Å². The Morgan fingerprint density at radius 3 is 1.84 bits per heavy atom. The van der Waals surface area contributed by atoms with Gasteiger partial charge in [-0.25, -0.2) is 0 Å². The first kappa shape index (κ1) is 17.4. The van der Waals surface area contributed by atoms with Gasteiger partial charge in [-0.3, -0.25) is 9.35 Å². The first-order valence-corrected chi connectivity index (χ1v) is 9.03. The van der Waals surface area contributed by atoms with E-state index in [4.69, 9.17) is 9.29 Å². The zero-order valence-electron chi connectivity index (χ0n) is 8.65. The molecule has 1 aromatic carbocycles. The van der Waals surface area contributed by atoms with Crippen LogP contribution >= 0.6 is 63.7 Å². The van der Waals surface area contributed by atoms with Crippen molar-refractivity contribution in [1.82, 2.24) is 0 Å². The number of esters is 1. The molecule has 0 bridgehead atoms. The number of rotatable bonds is 3. The molecule has 0 aliphatic carbocycles. The standard InChI is InChI=1S/C8H4Br4O6S/c9-3-5(11)8(6(12)4(10)7(3)14)18-2(13)1-19(15,16)17/h14H,1H2,(H,15,16,17). The molecule has 0 heterocycles. The topological polar surface area (TPSA) is 101 Å². The SMILES string of the molecule is O=C(CS(=O)(=O)O)Oc1c(Br)c(Br)c(O)c(Br)c1Br. The quantitative estimate of drug-likeness (QED) is 0.261. The number of phenols is 1. The van der Waals surface area contributed by atoms with E-state index in [1.165, 1.54) is 0 Å². The van der Waals surface area contributed by atoms with Crippen molar-refractivity contribution in [2.75, 3.05) is 5.75 Å². The van der Waals surface area contributed by atoms with E-state index in [1.54, 1.807) is 0 Å². The zero-order valence-corrected chi connectivity index (χ0v) is 15.8. The Labute approximate surface area is 141 Å². The molecule has 0 spiro atoms. The number of hydrogen-bond acceptors (Lipinski definition) is 5. The Hall–Kier alpha value is 0.320. The van der Waals surface area contributed by atoms with Crippen LogP contribution in [-0.4, -0.2) is 29.8 Å². The van der Waals surface area contributed by atoms with Crippen LogP contribution in [0, 0.1) is 0 Å². The highest BCUT2D eigenvalue weighted by Gasteiger charge is 2.23. The first-order chi connectivity index (χ1) is 8.54. The summed E-state index contributed by atoms with van der Waals surface area (Å²) < 4.78 is 35.3. The zero-order chi connectivity index (χ0) is 15.0. The molecule has 11 heteroatoms. The van der Waals surface area contributed by atoms with Crippen molar-refractivity contribution in [1.29, 1.82) is 0 Å². The lowest BCUT2D eigenvalue weighted by Gasteiger charge is -2.12. The number of carbonyl (C=O) groups excluding carboxylic acids is 1. The Morgan fingerprint density at radius 1 is 1.05 bits per heavy atom. The summed E-state index contributed by atoms with van der Waals surface area (Å²) in [4.78, 5) is 11.3. The van der Waals surface area contributed by atoms with Gasteiger partial charge >= 0.3 is 5.97 Å². The molecule has 0 aromatic heterocycles. The van der Waals surface area contributed by atoms with Gasteiger partial charge in [0.2, 0.25) is 0 Å². The molecule has 0 fully saturated rings. The van der Waals surface area contributed by atoms with Crippen LogP contribution in [0.2, 0.25) is 0 Å². The van der Waals surface area contributed by atoms with Crippen LogP contribution in [0.15, 0.2) is 17.9 Å². The molecule has 0 amide bonds. The molecular formula is C8H4Br4O6S. The predicted molar refractivity (Wildman–Crippen MR) is 81.0 cm³/mol. The second kappa shape index (κ2) is 6.39. The van der Waals surface area contributed by atoms with E-state index in [0.29, 0.717) is 0 Å². The minimum Gasteiger partial charge on any atom is -0.505 e. The van der Waals surface area contributed by atoms with Crippen molar-refractivity contribution >= 4 is 79.8 Å². The van der Waals surface area contributed by atoms with E-state index >= 15 is 0 Å². The van der Waals surface area contributed by atoms with Gasteiger partial charge in [0, 0.05) is 0 Å². The van der Waals surface area contributed by atoms with Gasteiger partial charge in [0.25, 0.3) is 10.1 Å². The fourth-order valence-corrected chi connectivity index (χ4v) is 3.56. The highest BCUT2D eigenvalue weighted by Crippen LogP contribution is 2.49. The molecule has 6 nitrogen and oxygen atoms in total. The van der Waals surface area contributed by atoms with Crippen molar-refractivity contribution < 1.29 is 27.6 Å². The summed E-state index contributed by atoms with van der Waals surface area (Å²) in [5.41, 5.74) is 0. The normalized spacial score (nSPS) is 11.4. The van der Waals surface area contributed by atoms with E-state index < -0.39 is 21.8 Å². The van der Waals surface area contributed by atoms with Crippen LogP contribution in [0.25, 0.3) is 0 Å². The third-order valence-electron chi connectivity index (χ3n) is 1.72. The minimum atomic E-state index is -4.48. The van der Waals surface area contributed by atoms with Crippen molar-refractivity contribution in [3.05, 3.63) is 17.9 Å². The van der Waals surface area contributed by atoms with E-state index in [9.17, 15) is 18.3 Å². The average Bonchev–Trinajstić information content (AvgIpc) is 2.27. The molecule has 0 aliphatic rings. The molecular weight excluding hydrogens is 544 g/mol. The number of carbonyl (C=O) groups is 1. The molecule has 1 aromatic rings. The fourth-order valence-electron chi connectivity index (χ4n) is 0.982. The maximum Gasteiger partial charge on any atom is 0.329 e. The Balaban J connectivity index is 3.20. The number of halogens is 4. The van der Waals surface area contributed by atoms with Crippen molar-refractivity contribution in [2.45, 2.75) is 0 Å². The summed E-state index contributed by atoms with van der Waals surface area (Å²) in [5, 5.41) is 9.68. The molecule has 2 N–H and O–H groups in total. The number of ether oxygens (including phenoxy) is 1. The molecule has 0 aliphatic heterocycles. The van der Waals surface area contributed by atoms with E-state index in [2.05, 4.69) is 63.7 Å². The Bertz CT molecular complexity index is 612. The average molecular weight is 548 g/mol. The van der Waals surface area contributed by atoms with E-state index in [1.807, 2.05) is 0 Å². The lowest BCUT2D eigenvalue weighted by molar-refractivity contribution is -0.131. The van der Waals surface area contributed by atoms with Crippen LogP contribution in [0.5, 0.6) is 11.5 Å². The largest absolute Gasteiger partial charge is 0.505 e. The Morgan fingerprint density at radius 2 is 1.47 bits per heavy atom. The summed E-state index contributed by atoms with van der Waals surface area (Å²) >= 11 is 12.3. The maximum absolute atomic E-state index is 11.3. The van der Waals surface area contributed by atoms with Gasteiger partial charge < -0.3 is 9.84 Å². The summed E-state index contributed by atoms with van der Waals surface area (Å²) in [6.07, 6.45) is 0. The number of phenolic OH excluding ortho intramolecular Hbond substituents is 1. The highest BCUT2D eigenvalue weighted by atomic mass is 79.9. The van der Waals surface area contributed by atoms with Crippen LogP contribution in [0.4, 0.5) is 0 Å². The molecule has 0 unspecified atom stereocenters. The molecule has 0 atom stereocenters. The van der Waals surface area contributed by atoms with Gasteiger partial charge in [0.1, 0.15) is 5.75 Å². The molecule has 0 saturated heterocycles. The lowest BCUT2D eigenvalue weighted by atomic mass is 10.3. The van der Waals surface area contributed by atoms with Gasteiger partial charge in [0.15, 0.2) is 11.5 Å².